The number of carbonyl (C=O) groups is 1. The third kappa shape index (κ3) is 6.09. The Labute approximate surface area is 163 Å². The number of carbonyl (C=O) groups excluding carboxylic acids is 1. The van der Waals surface area contributed by atoms with E-state index in [1.807, 2.05) is 25.1 Å². The Morgan fingerprint density at radius 1 is 1.15 bits per heavy atom. The minimum atomic E-state index is -0.276. The van der Waals surface area contributed by atoms with E-state index < -0.39 is 0 Å². The molecule has 0 unspecified atom stereocenters. The van der Waals surface area contributed by atoms with E-state index in [4.69, 9.17) is 32.7 Å². The highest BCUT2D eigenvalue weighted by atomic mass is 35.5. The van der Waals surface area contributed by atoms with Crippen molar-refractivity contribution < 1.29 is 14.3 Å². The SMILES string of the molecule is CCOCCOc1c(Cl)cccc1NC(=O)N(C)Cc1cccc(Cl)c1. The van der Waals surface area contributed by atoms with Crippen LogP contribution < -0.4 is 10.1 Å². The first-order valence-corrected chi connectivity index (χ1v) is 9.02. The van der Waals surface area contributed by atoms with Crippen LogP contribution in [-0.4, -0.2) is 37.8 Å². The van der Waals surface area contributed by atoms with E-state index in [1.54, 1.807) is 36.2 Å². The van der Waals surface area contributed by atoms with Gasteiger partial charge in [-0.3, -0.25) is 0 Å². The van der Waals surface area contributed by atoms with Crippen LogP contribution in [0.4, 0.5) is 10.5 Å². The molecular formula is C19H22Cl2N2O3. The van der Waals surface area contributed by atoms with E-state index in [0.29, 0.717) is 47.8 Å². The molecule has 0 fully saturated rings. The minimum Gasteiger partial charge on any atom is -0.487 e. The first-order chi connectivity index (χ1) is 12.5. The van der Waals surface area contributed by atoms with Gasteiger partial charge < -0.3 is 19.7 Å². The fourth-order valence-electron chi connectivity index (χ4n) is 2.29. The fourth-order valence-corrected chi connectivity index (χ4v) is 2.73. The van der Waals surface area contributed by atoms with Crippen LogP contribution in [0.1, 0.15) is 12.5 Å². The number of hydrogen-bond donors (Lipinski definition) is 1. The quantitative estimate of drug-likeness (QED) is 0.633. The smallest absolute Gasteiger partial charge is 0.321 e. The van der Waals surface area contributed by atoms with Gasteiger partial charge in [-0.15, -0.1) is 0 Å². The Morgan fingerprint density at radius 3 is 2.65 bits per heavy atom. The van der Waals surface area contributed by atoms with Crippen LogP contribution in [0.15, 0.2) is 42.5 Å². The van der Waals surface area contributed by atoms with Gasteiger partial charge in [-0.2, -0.15) is 0 Å². The van der Waals surface area contributed by atoms with Gasteiger partial charge in [0.15, 0.2) is 5.75 Å². The molecule has 26 heavy (non-hydrogen) atoms. The summed E-state index contributed by atoms with van der Waals surface area (Å²) < 4.78 is 10.9. The molecule has 5 nitrogen and oxygen atoms in total. The first kappa shape index (κ1) is 20.4. The summed E-state index contributed by atoms with van der Waals surface area (Å²) in [7, 11) is 1.70. The first-order valence-electron chi connectivity index (χ1n) is 8.27. The van der Waals surface area contributed by atoms with Crippen LogP contribution in [0.2, 0.25) is 10.0 Å². The van der Waals surface area contributed by atoms with Crippen molar-refractivity contribution in [3.63, 3.8) is 0 Å². The maximum absolute atomic E-state index is 12.5. The molecule has 2 aromatic carbocycles. The molecule has 0 saturated carbocycles. The highest BCUT2D eigenvalue weighted by molar-refractivity contribution is 6.32. The molecule has 0 radical (unpaired) electrons. The number of benzene rings is 2. The predicted molar refractivity (Wildman–Crippen MR) is 105 cm³/mol. The monoisotopic (exact) mass is 396 g/mol. The maximum atomic E-state index is 12.5. The molecule has 2 aromatic rings. The maximum Gasteiger partial charge on any atom is 0.321 e. The second-order valence-corrected chi connectivity index (χ2v) is 6.42. The van der Waals surface area contributed by atoms with Gasteiger partial charge in [0, 0.05) is 25.2 Å². The highest BCUT2D eigenvalue weighted by Crippen LogP contribution is 2.33. The van der Waals surface area contributed by atoms with Crippen LogP contribution in [0.25, 0.3) is 0 Å². The molecule has 0 saturated heterocycles. The Kier molecular flexibility index (Phi) is 8.04. The Hall–Kier alpha value is -1.95. The van der Waals surface area contributed by atoms with Gasteiger partial charge in [0.25, 0.3) is 0 Å². The molecule has 0 aliphatic rings. The molecule has 1 N–H and O–H groups in total. The minimum absolute atomic E-state index is 0.276. The van der Waals surface area contributed by atoms with E-state index in [1.165, 1.54) is 0 Å². The lowest BCUT2D eigenvalue weighted by atomic mass is 10.2. The topological polar surface area (TPSA) is 50.8 Å². The van der Waals surface area contributed by atoms with E-state index in [9.17, 15) is 4.79 Å². The van der Waals surface area contributed by atoms with Gasteiger partial charge in [-0.05, 0) is 36.8 Å². The zero-order valence-electron chi connectivity index (χ0n) is 14.8. The van der Waals surface area contributed by atoms with Crippen molar-refractivity contribution in [1.82, 2.24) is 4.90 Å². The van der Waals surface area contributed by atoms with Crippen LogP contribution in [0, 0.1) is 0 Å². The lowest BCUT2D eigenvalue weighted by Gasteiger charge is -2.20. The van der Waals surface area contributed by atoms with Gasteiger partial charge in [0.05, 0.1) is 17.3 Å². The molecule has 2 amide bonds. The molecule has 7 heteroatoms. The summed E-state index contributed by atoms with van der Waals surface area (Å²) in [5.41, 5.74) is 1.45. The van der Waals surface area contributed by atoms with Crippen LogP contribution in [0.3, 0.4) is 0 Å². The number of amides is 2. The molecule has 0 bridgehead atoms. The number of nitrogens with one attached hydrogen (secondary N) is 1. The van der Waals surface area contributed by atoms with Crippen molar-refractivity contribution in [3.8, 4) is 5.75 Å². The van der Waals surface area contributed by atoms with Crippen molar-refractivity contribution in [2.24, 2.45) is 0 Å². The third-order valence-electron chi connectivity index (χ3n) is 3.54. The average Bonchev–Trinajstić information content (AvgIpc) is 2.60. The van der Waals surface area contributed by atoms with Gasteiger partial charge in [-0.25, -0.2) is 4.79 Å². The van der Waals surface area contributed by atoms with Gasteiger partial charge >= 0.3 is 6.03 Å². The lowest BCUT2D eigenvalue weighted by Crippen LogP contribution is -2.31. The lowest BCUT2D eigenvalue weighted by molar-refractivity contribution is 0.110. The van der Waals surface area contributed by atoms with E-state index in [2.05, 4.69) is 5.32 Å². The van der Waals surface area contributed by atoms with E-state index in [0.717, 1.165) is 5.56 Å². The number of urea groups is 1. The number of ether oxygens (including phenoxy) is 2. The standard InChI is InChI=1S/C19H22Cl2N2O3/c1-3-25-10-11-26-18-16(21)8-5-9-17(18)22-19(24)23(2)13-14-6-4-7-15(20)12-14/h4-9,12H,3,10-11,13H2,1-2H3,(H,22,24). The van der Waals surface area contributed by atoms with Gasteiger partial charge in [0.2, 0.25) is 0 Å². The fraction of sp³-hybridized carbons (Fsp3) is 0.316. The second kappa shape index (κ2) is 10.3. The number of nitrogens with zero attached hydrogens (tertiary/aromatic N) is 1. The zero-order valence-corrected chi connectivity index (χ0v) is 16.3. The molecule has 0 aliphatic heterocycles. The number of para-hydroxylation sites is 1. The summed E-state index contributed by atoms with van der Waals surface area (Å²) >= 11 is 12.2. The van der Waals surface area contributed by atoms with Crippen molar-refractivity contribution in [2.45, 2.75) is 13.5 Å². The van der Waals surface area contributed by atoms with Gasteiger partial charge in [-0.1, -0.05) is 41.4 Å². The van der Waals surface area contributed by atoms with Crippen LogP contribution >= 0.6 is 23.2 Å². The number of rotatable bonds is 8. The summed E-state index contributed by atoms with van der Waals surface area (Å²) in [5, 5.41) is 3.89. The molecule has 2 rings (SSSR count). The van der Waals surface area contributed by atoms with Crippen LogP contribution in [-0.2, 0) is 11.3 Å². The normalized spacial score (nSPS) is 10.5. The molecule has 0 aliphatic carbocycles. The van der Waals surface area contributed by atoms with Crippen LogP contribution in [0.5, 0.6) is 5.75 Å². The number of hydrogen-bond acceptors (Lipinski definition) is 3. The summed E-state index contributed by atoms with van der Waals surface area (Å²) in [5.74, 6) is 0.429. The number of anilines is 1. The summed E-state index contributed by atoms with van der Waals surface area (Å²) in [4.78, 5) is 14.1. The summed E-state index contributed by atoms with van der Waals surface area (Å²) in [6.45, 7) is 3.75. The van der Waals surface area contributed by atoms with Crippen molar-refractivity contribution in [1.29, 1.82) is 0 Å². The van der Waals surface area contributed by atoms with Gasteiger partial charge in [0.1, 0.15) is 6.61 Å². The molecule has 0 spiro atoms. The molecule has 0 heterocycles. The largest absolute Gasteiger partial charge is 0.487 e. The van der Waals surface area contributed by atoms with Crippen molar-refractivity contribution in [2.75, 3.05) is 32.2 Å². The Morgan fingerprint density at radius 2 is 1.92 bits per heavy atom. The van der Waals surface area contributed by atoms with Crippen molar-refractivity contribution in [3.05, 3.63) is 58.1 Å². The number of halogens is 2. The second-order valence-electron chi connectivity index (χ2n) is 5.58. The zero-order chi connectivity index (χ0) is 18.9. The molecule has 0 atom stereocenters. The van der Waals surface area contributed by atoms with Crippen molar-refractivity contribution >= 4 is 34.9 Å². The van der Waals surface area contributed by atoms with E-state index in [-0.39, 0.29) is 6.03 Å². The molecule has 0 aromatic heterocycles. The Balaban J connectivity index is 2.02. The average molecular weight is 397 g/mol. The van der Waals surface area contributed by atoms with E-state index >= 15 is 0 Å². The molecular weight excluding hydrogens is 375 g/mol. The third-order valence-corrected chi connectivity index (χ3v) is 4.07. The summed E-state index contributed by atoms with van der Waals surface area (Å²) in [6, 6.07) is 12.3. The highest BCUT2D eigenvalue weighted by Gasteiger charge is 2.15. The summed E-state index contributed by atoms with van der Waals surface area (Å²) in [6.07, 6.45) is 0. The predicted octanol–water partition coefficient (Wildman–Crippen LogP) is 5.07. The molecule has 140 valence electrons. The Bertz CT molecular complexity index is 740.